The lowest BCUT2D eigenvalue weighted by atomic mass is 9.75. The van der Waals surface area contributed by atoms with Gasteiger partial charge in [0, 0.05) is 24.4 Å². The number of carbonyl (C=O) groups excluding carboxylic acids is 1. The van der Waals surface area contributed by atoms with E-state index >= 15 is 0 Å². The highest BCUT2D eigenvalue weighted by Gasteiger charge is 2.52. The SMILES string of the molecule is CC(Cl)C(=O)N1C[C@@H]2COC[C@]2(c2ccccc2)C1. The van der Waals surface area contributed by atoms with E-state index in [0.717, 1.165) is 19.7 Å². The Labute approximate surface area is 118 Å². The second-order valence-electron chi connectivity index (χ2n) is 5.57. The molecule has 0 aliphatic carbocycles. The fraction of sp³-hybridized carbons (Fsp3) is 0.533. The smallest absolute Gasteiger partial charge is 0.240 e. The lowest BCUT2D eigenvalue weighted by Gasteiger charge is -2.28. The van der Waals surface area contributed by atoms with Crippen molar-refractivity contribution in [2.24, 2.45) is 5.92 Å². The molecular weight excluding hydrogens is 262 g/mol. The van der Waals surface area contributed by atoms with Crippen LogP contribution in [0.1, 0.15) is 12.5 Å². The van der Waals surface area contributed by atoms with Crippen LogP contribution in [0.3, 0.4) is 0 Å². The number of hydrogen-bond donors (Lipinski definition) is 0. The number of amides is 1. The molecule has 1 aromatic carbocycles. The number of fused-ring (bicyclic) bond motifs is 1. The van der Waals surface area contributed by atoms with Gasteiger partial charge in [0.2, 0.25) is 5.91 Å². The highest BCUT2D eigenvalue weighted by molar-refractivity contribution is 6.30. The van der Waals surface area contributed by atoms with E-state index < -0.39 is 5.38 Å². The number of nitrogens with zero attached hydrogens (tertiary/aromatic N) is 1. The second-order valence-corrected chi connectivity index (χ2v) is 6.22. The van der Waals surface area contributed by atoms with Gasteiger partial charge in [0.05, 0.1) is 13.2 Å². The van der Waals surface area contributed by atoms with E-state index in [0.29, 0.717) is 12.5 Å². The van der Waals surface area contributed by atoms with Crippen molar-refractivity contribution in [3.63, 3.8) is 0 Å². The van der Waals surface area contributed by atoms with Crippen molar-refractivity contribution in [2.45, 2.75) is 17.7 Å². The molecule has 1 amide bonds. The van der Waals surface area contributed by atoms with Gasteiger partial charge in [0.15, 0.2) is 0 Å². The summed E-state index contributed by atoms with van der Waals surface area (Å²) in [6.07, 6.45) is 0. The molecule has 0 aromatic heterocycles. The van der Waals surface area contributed by atoms with Crippen LogP contribution in [-0.2, 0) is 14.9 Å². The van der Waals surface area contributed by atoms with Gasteiger partial charge in [-0.15, -0.1) is 11.6 Å². The van der Waals surface area contributed by atoms with Gasteiger partial charge < -0.3 is 9.64 Å². The van der Waals surface area contributed by atoms with Crippen LogP contribution in [0.25, 0.3) is 0 Å². The minimum Gasteiger partial charge on any atom is -0.380 e. The van der Waals surface area contributed by atoms with Crippen molar-refractivity contribution in [1.29, 1.82) is 0 Å². The van der Waals surface area contributed by atoms with E-state index in [9.17, 15) is 4.79 Å². The maximum Gasteiger partial charge on any atom is 0.240 e. The third-order valence-corrected chi connectivity index (χ3v) is 4.56. The van der Waals surface area contributed by atoms with E-state index in [1.807, 2.05) is 23.1 Å². The average molecular weight is 280 g/mol. The van der Waals surface area contributed by atoms with Gasteiger partial charge in [-0.05, 0) is 12.5 Å². The standard InChI is InChI=1S/C15H18ClNO2/c1-11(16)14(18)17-7-13-8-19-10-15(13,9-17)12-5-3-2-4-6-12/h2-6,11,13H,7-10H2,1H3/t11?,13-,15+/m1/s1. The van der Waals surface area contributed by atoms with Crippen LogP contribution in [-0.4, -0.2) is 42.5 Å². The van der Waals surface area contributed by atoms with Crippen LogP contribution >= 0.6 is 11.6 Å². The van der Waals surface area contributed by atoms with E-state index in [1.54, 1.807) is 6.92 Å². The fourth-order valence-electron chi connectivity index (χ4n) is 3.33. The van der Waals surface area contributed by atoms with Crippen molar-refractivity contribution in [1.82, 2.24) is 4.90 Å². The summed E-state index contributed by atoms with van der Waals surface area (Å²) in [4.78, 5) is 14.0. The number of ether oxygens (including phenoxy) is 1. The monoisotopic (exact) mass is 279 g/mol. The molecule has 3 atom stereocenters. The van der Waals surface area contributed by atoms with Gasteiger partial charge in [0.25, 0.3) is 0 Å². The Kier molecular flexibility index (Phi) is 3.27. The van der Waals surface area contributed by atoms with Crippen molar-refractivity contribution in [2.75, 3.05) is 26.3 Å². The fourth-order valence-corrected chi connectivity index (χ4v) is 3.47. The molecule has 0 saturated carbocycles. The third kappa shape index (κ3) is 2.05. The van der Waals surface area contributed by atoms with E-state index in [1.165, 1.54) is 5.56 Å². The molecule has 1 aromatic rings. The Morgan fingerprint density at radius 3 is 2.89 bits per heavy atom. The zero-order valence-corrected chi connectivity index (χ0v) is 11.8. The zero-order chi connectivity index (χ0) is 13.5. The normalized spacial score (nSPS) is 31.3. The Balaban J connectivity index is 1.90. The molecule has 19 heavy (non-hydrogen) atoms. The van der Waals surface area contributed by atoms with Crippen LogP contribution in [0.4, 0.5) is 0 Å². The Morgan fingerprint density at radius 2 is 2.21 bits per heavy atom. The van der Waals surface area contributed by atoms with E-state index in [-0.39, 0.29) is 11.3 Å². The first kappa shape index (κ1) is 12.9. The first-order chi connectivity index (χ1) is 9.13. The van der Waals surface area contributed by atoms with Crippen LogP contribution in [0.5, 0.6) is 0 Å². The quantitative estimate of drug-likeness (QED) is 0.776. The molecule has 2 fully saturated rings. The average Bonchev–Trinajstić information content (AvgIpc) is 2.96. The number of likely N-dealkylation sites (tertiary alicyclic amines) is 1. The molecule has 102 valence electrons. The van der Waals surface area contributed by atoms with Gasteiger partial charge in [0.1, 0.15) is 5.38 Å². The van der Waals surface area contributed by atoms with Crippen molar-refractivity contribution in [3.05, 3.63) is 35.9 Å². The molecule has 3 nitrogen and oxygen atoms in total. The molecule has 1 unspecified atom stereocenters. The van der Waals surface area contributed by atoms with E-state index in [2.05, 4.69) is 12.1 Å². The number of hydrogen-bond acceptors (Lipinski definition) is 2. The molecular formula is C15H18ClNO2. The maximum atomic E-state index is 12.1. The molecule has 2 heterocycles. The molecule has 2 aliphatic rings. The molecule has 4 heteroatoms. The summed E-state index contributed by atoms with van der Waals surface area (Å²) in [6.45, 7) is 4.64. The number of alkyl halides is 1. The third-order valence-electron chi connectivity index (χ3n) is 4.37. The summed E-state index contributed by atoms with van der Waals surface area (Å²) < 4.78 is 5.69. The van der Waals surface area contributed by atoms with Gasteiger partial charge in [-0.2, -0.15) is 0 Å². The zero-order valence-electron chi connectivity index (χ0n) is 11.0. The number of benzene rings is 1. The summed E-state index contributed by atoms with van der Waals surface area (Å²) in [5, 5.41) is -0.451. The highest BCUT2D eigenvalue weighted by Crippen LogP contribution is 2.43. The van der Waals surface area contributed by atoms with Crippen LogP contribution in [0, 0.1) is 5.92 Å². The number of halogens is 1. The lowest BCUT2D eigenvalue weighted by molar-refractivity contribution is -0.130. The topological polar surface area (TPSA) is 29.5 Å². The molecule has 2 aliphatic heterocycles. The Morgan fingerprint density at radius 1 is 1.47 bits per heavy atom. The second kappa shape index (κ2) is 4.80. The summed E-state index contributed by atoms with van der Waals surface area (Å²) in [6, 6.07) is 10.4. The van der Waals surface area contributed by atoms with Crippen molar-refractivity contribution < 1.29 is 9.53 Å². The predicted molar refractivity (Wildman–Crippen MR) is 74.3 cm³/mol. The van der Waals surface area contributed by atoms with Gasteiger partial charge in [-0.1, -0.05) is 30.3 Å². The van der Waals surface area contributed by atoms with Crippen LogP contribution in [0.2, 0.25) is 0 Å². The molecule has 0 radical (unpaired) electrons. The minimum absolute atomic E-state index is 0.0337. The molecule has 0 bridgehead atoms. The largest absolute Gasteiger partial charge is 0.380 e. The minimum atomic E-state index is -0.451. The summed E-state index contributed by atoms with van der Waals surface area (Å²) in [7, 11) is 0. The number of rotatable bonds is 2. The van der Waals surface area contributed by atoms with Gasteiger partial charge in [-0.25, -0.2) is 0 Å². The predicted octanol–water partition coefficient (Wildman–Crippen LogP) is 2.04. The molecule has 3 rings (SSSR count). The van der Waals surface area contributed by atoms with Crippen molar-refractivity contribution >= 4 is 17.5 Å². The van der Waals surface area contributed by atoms with Gasteiger partial charge >= 0.3 is 0 Å². The van der Waals surface area contributed by atoms with Crippen molar-refractivity contribution in [3.8, 4) is 0 Å². The van der Waals surface area contributed by atoms with Crippen LogP contribution in [0.15, 0.2) is 30.3 Å². The summed E-state index contributed by atoms with van der Waals surface area (Å²) in [5.41, 5.74) is 1.23. The first-order valence-corrected chi connectivity index (χ1v) is 7.13. The Bertz CT molecular complexity index is 476. The van der Waals surface area contributed by atoms with Gasteiger partial charge in [-0.3, -0.25) is 4.79 Å². The summed E-state index contributed by atoms with van der Waals surface area (Å²) >= 11 is 5.93. The van der Waals surface area contributed by atoms with E-state index in [4.69, 9.17) is 16.3 Å². The first-order valence-electron chi connectivity index (χ1n) is 6.69. The Hall–Kier alpha value is -1.06. The summed E-state index contributed by atoms with van der Waals surface area (Å²) in [5.74, 6) is 0.417. The number of carbonyl (C=O) groups is 1. The molecule has 0 spiro atoms. The highest BCUT2D eigenvalue weighted by atomic mass is 35.5. The molecule has 0 N–H and O–H groups in total. The molecule has 2 saturated heterocycles. The lowest BCUT2D eigenvalue weighted by Crippen LogP contribution is -2.39. The maximum absolute atomic E-state index is 12.1. The van der Waals surface area contributed by atoms with Crippen LogP contribution < -0.4 is 0 Å².